The number of nitrogens with two attached hydrogens (primary N) is 1. The molecule has 1 heterocycles. The Kier molecular flexibility index (Phi) is 4.37. The number of thiophene rings is 1. The van der Waals surface area contributed by atoms with Crippen molar-refractivity contribution in [1.82, 2.24) is 10.3 Å². The fourth-order valence-corrected chi connectivity index (χ4v) is 2.45. The first-order valence-corrected chi connectivity index (χ1v) is 5.70. The van der Waals surface area contributed by atoms with Gasteiger partial charge in [0.2, 0.25) is 0 Å². The number of hydrogen-bond acceptors (Lipinski definition) is 3. The van der Waals surface area contributed by atoms with Gasteiger partial charge in [0.05, 0.1) is 3.79 Å². The van der Waals surface area contributed by atoms with Gasteiger partial charge < -0.3 is 4.90 Å². The molecule has 78 valence electrons. The Morgan fingerprint density at radius 2 is 2.43 bits per heavy atom. The molecule has 0 aliphatic heterocycles. The third-order valence-corrected chi connectivity index (χ3v) is 3.48. The van der Waals surface area contributed by atoms with E-state index in [0.29, 0.717) is 6.54 Å². The molecule has 0 saturated heterocycles. The van der Waals surface area contributed by atoms with E-state index in [0.717, 1.165) is 10.2 Å². The van der Waals surface area contributed by atoms with Crippen molar-refractivity contribution in [3.8, 4) is 0 Å². The summed E-state index contributed by atoms with van der Waals surface area (Å²) < 4.78 is 1.11. The van der Waals surface area contributed by atoms with Crippen LogP contribution in [0.3, 0.4) is 0 Å². The monoisotopic (exact) mass is 277 g/mol. The number of nitrogens with one attached hydrogen (secondary N) is 1. The molecule has 0 saturated carbocycles. The van der Waals surface area contributed by atoms with Crippen LogP contribution in [0.1, 0.15) is 4.88 Å². The summed E-state index contributed by atoms with van der Waals surface area (Å²) in [6.45, 7) is 0.663. The molecule has 0 unspecified atom stereocenters. The van der Waals surface area contributed by atoms with Crippen LogP contribution in [-0.2, 0) is 6.42 Å². The van der Waals surface area contributed by atoms with Gasteiger partial charge in [-0.25, -0.2) is 10.6 Å². The summed E-state index contributed by atoms with van der Waals surface area (Å²) in [5, 5.41) is 0. The highest BCUT2D eigenvalue weighted by Gasteiger charge is 2.06. The van der Waals surface area contributed by atoms with Crippen molar-refractivity contribution in [2.45, 2.75) is 6.42 Å². The Balaban J connectivity index is 2.37. The van der Waals surface area contributed by atoms with Gasteiger partial charge in [-0.05, 0) is 34.5 Å². The highest BCUT2D eigenvalue weighted by Crippen LogP contribution is 2.22. The molecule has 0 atom stereocenters. The van der Waals surface area contributed by atoms with Crippen LogP contribution in [-0.4, -0.2) is 24.5 Å². The average Bonchev–Trinajstić information content (AvgIpc) is 2.59. The summed E-state index contributed by atoms with van der Waals surface area (Å²) in [6.07, 6.45) is 0.847. The van der Waals surface area contributed by atoms with E-state index in [-0.39, 0.29) is 6.03 Å². The van der Waals surface area contributed by atoms with E-state index in [1.54, 1.807) is 23.3 Å². The number of likely N-dealkylation sites (N-methyl/N-ethyl adjacent to an activating group) is 1. The van der Waals surface area contributed by atoms with Gasteiger partial charge in [-0.1, -0.05) is 0 Å². The molecule has 0 aromatic carbocycles. The number of carbonyl (C=O) groups is 1. The van der Waals surface area contributed by atoms with E-state index in [1.807, 2.05) is 12.1 Å². The van der Waals surface area contributed by atoms with Gasteiger partial charge in [0.1, 0.15) is 0 Å². The molecule has 0 fully saturated rings. The summed E-state index contributed by atoms with van der Waals surface area (Å²) in [4.78, 5) is 13.8. The number of carbonyl (C=O) groups excluding carboxylic acids is 1. The third kappa shape index (κ3) is 3.28. The second-order valence-corrected chi connectivity index (χ2v) is 5.37. The van der Waals surface area contributed by atoms with E-state index < -0.39 is 0 Å². The lowest BCUT2D eigenvalue weighted by molar-refractivity contribution is 0.209. The van der Waals surface area contributed by atoms with Crippen LogP contribution in [0.2, 0.25) is 0 Å². The van der Waals surface area contributed by atoms with Gasteiger partial charge in [0, 0.05) is 18.5 Å². The molecule has 1 aromatic rings. The van der Waals surface area contributed by atoms with Crippen molar-refractivity contribution in [2.24, 2.45) is 5.84 Å². The van der Waals surface area contributed by atoms with E-state index in [1.165, 1.54) is 4.88 Å². The SMILES string of the molecule is CN(CCc1ccc(Br)s1)C(=O)NN. The molecule has 14 heavy (non-hydrogen) atoms. The lowest BCUT2D eigenvalue weighted by Gasteiger charge is -2.15. The Morgan fingerprint density at radius 3 is 2.93 bits per heavy atom. The number of rotatable bonds is 3. The van der Waals surface area contributed by atoms with Gasteiger partial charge in [-0.3, -0.25) is 5.43 Å². The second kappa shape index (κ2) is 5.33. The highest BCUT2D eigenvalue weighted by atomic mass is 79.9. The molecule has 4 nitrogen and oxygen atoms in total. The molecule has 0 aliphatic rings. The van der Waals surface area contributed by atoms with E-state index in [2.05, 4.69) is 21.4 Å². The molecule has 0 spiro atoms. The van der Waals surface area contributed by atoms with Crippen molar-refractivity contribution in [2.75, 3.05) is 13.6 Å². The van der Waals surface area contributed by atoms with Gasteiger partial charge in [0.15, 0.2) is 0 Å². The van der Waals surface area contributed by atoms with Crippen LogP contribution in [0.5, 0.6) is 0 Å². The van der Waals surface area contributed by atoms with Gasteiger partial charge >= 0.3 is 6.03 Å². The van der Waals surface area contributed by atoms with Crippen LogP contribution in [0.4, 0.5) is 4.79 Å². The number of hydrazine groups is 1. The van der Waals surface area contributed by atoms with Crippen molar-refractivity contribution >= 4 is 33.3 Å². The highest BCUT2D eigenvalue weighted by molar-refractivity contribution is 9.11. The Bertz CT molecular complexity index is 315. The number of hydrogen-bond donors (Lipinski definition) is 2. The van der Waals surface area contributed by atoms with E-state index in [9.17, 15) is 4.79 Å². The summed E-state index contributed by atoms with van der Waals surface area (Å²) in [7, 11) is 1.71. The van der Waals surface area contributed by atoms with Crippen LogP contribution in [0.25, 0.3) is 0 Å². The minimum absolute atomic E-state index is 0.263. The molecule has 0 radical (unpaired) electrons. The fraction of sp³-hybridized carbons (Fsp3) is 0.375. The number of halogens is 1. The molecule has 1 rings (SSSR count). The Labute approximate surface area is 95.2 Å². The number of amides is 2. The van der Waals surface area contributed by atoms with Crippen molar-refractivity contribution in [3.05, 3.63) is 20.8 Å². The molecule has 0 bridgehead atoms. The Morgan fingerprint density at radius 1 is 1.71 bits per heavy atom. The van der Waals surface area contributed by atoms with Gasteiger partial charge in [-0.2, -0.15) is 0 Å². The van der Waals surface area contributed by atoms with Crippen molar-refractivity contribution in [1.29, 1.82) is 0 Å². The minimum Gasteiger partial charge on any atom is -0.326 e. The fourth-order valence-electron chi connectivity index (χ4n) is 0.976. The summed E-state index contributed by atoms with van der Waals surface area (Å²) >= 11 is 5.06. The van der Waals surface area contributed by atoms with E-state index >= 15 is 0 Å². The van der Waals surface area contributed by atoms with Gasteiger partial charge in [-0.15, -0.1) is 11.3 Å². The summed E-state index contributed by atoms with van der Waals surface area (Å²) in [6, 6.07) is 3.78. The van der Waals surface area contributed by atoms with Crippen LogP contribution < -0.4 is 11.3 Å². The average molecular weight is 278 g/mol. The first kappa shape index (κ1) is 11.5. The molecule has 3 N–H and O–H groups in total. The minimum atomic E-state index is -0.263. The lowest BCUT2D eigenvalue weighted by atomic mass is 10.3. The maximum atomic E-state index is 11.0. The van der Waals surface area contributed by atoms with Crippen molar-refractivity contribution in [3.63, 3.8) is 0 Å². The quantitative estimate of drug-likeness (QED) is 0.501. The zero-order chi connectivity index (χ0) is 10.6. The topological polar surface area (TPSA) is 58.4 Å². The zero-order valence-corrected chi connectivity index (χ0v) is 10.2. The zero-order valence-electron chi connectivity index (χ0n) is 7.79. The molecular formula is C8H12BrN3OS. The first-order valence-electron chi connectivity index (χ1n) is 4.09. The summed E-state index contributed by atoms with van der Waals surface area (Å²) in [5.41, 5.74) is 2.09. The second-order valence-electron chi connectivity index (χ2n) is 2.83. The number of nitrogens with zero attached hydrogens (tertiary/aromatic N) is 1. The molecule has 6 heteroatoms. The maximum Gasteiger partial charge on any atom is 0.331 e. The summed E-state index contributed by atoms with van der Waals surface area (Å²) in [5.74, 6) is 5.00. The van der Waals surface area contributed by atoms with Crippen molar-refractivity contribution < 1.29 is 4.79 Å². The largest absolute Gasteiger partial charge is 0.331 e. The van der Waals surface area contributed by atoms with Crippen LogP contribution in [0, 0.1) is 0 Å². The Hall–Kier alpha value is -0.590. The predicted molar refractivity (Wildman–Crippen MR) is 61.1 cm³/mol. The van der Waals surface area contributed by atoms with E-state index in [4.69, 9.17) is 5.84 Å². The molecule has 0 aliphatic carbocycles. The smallest absolute Gasteiger partial charge is 0.326 e. The molecule has 2 amide bonds. The number of urea groups is 1. The standard InChI is InChI=1S/C8H12BrN3OS/c1-12(8(13)11-10)5-4-6-2-3-7(9)14-6/h2-3H,4-5,10H2,1H3,(H,11,13). The maximum absolute atomic E-state index is 11.0. The van der Waals surface area contributed by atoms with Crippen LogP contribution in [0.15, 0.2) is 15.9 Å². The first-order chi connectivity index (χ1) is 6.63. The van der Waals surface area contributed by atoms with Gasteiger partial charge in [0.25, 0.3) is 0 Å². The molecular weight excluding hydrogens is 266 g/mol. The molecule has 1 aromatic heterocycles. The van der Waals surface area contributed by atoms with Crippen LogP contribution >= 0.6 is 27.3 Å². The normalized spacial score (nSPS) is 9.93. The lowest BCUT2D eigenvalue weighted by Crippen LogP contribution is -2.41. The third-order valence-electron chi connectivity index (χ3n) is 1.79. The predicted octanol–water partition coefficient (Wildman–Crippen LogP) is 1.57.